The molecular weight excluding hydrogens is 364 g/mol. The third-order valence-corrected chi connectivity index (χ3v) is 5.69. The average Bonchev–Trinajstić information content (AvgIpc) is 2.70. The molecular formula is C20H24N2O4S. The molecule has 0 radical (unpaired) electrons. The van der Waals surface area contributed by atoms with E-state index in [-0.39, 0.29) is 10.8 Å². The van der Waals surface area contributed by atoms with Gasteiger partial charge in [0.1, 0.15) is 5.75 Å². The minimum absolute atomic E-state index is 0.0835. The number of hydrogen-bond acceptors (Lipinski definition) is 4. The van der Waals surface area contributed by atoms with Crippen LogP contribution in [0.3, 0.4) is 0 Å². The molecule has 0 aliphatic rings. The number of amides is 1. The van der Waals surface area contributed by atoms with Gasteiger partial charge in [-0.15, -0.1) is 6.58 Å². The molecule has 2 aromatic carbocycles. The number of carbonyl (C=O) groups excluding carboxylic acids is 1. The molecule has 1 N–H and O–H groups in total. The van der Waals surface area contributed by atoms with Crippen LogP contribution in [0.4, 0.5) is 0 Å². The van der Waals surface area contributed by atoms with E-state index < -0.39 is 10.0 Å². The Morgan fingerprint density at radius 2 is 1.93 bits per heavy atom. The van der Waals surface area contributed by atoms with Gasteiger partial charge in [-0.2, -0.15) is 0 Å². The zero-order valence-corrected chi connectivity index (χ0v) is 16.1. The van der Waals surface area contributed by atoms with E-state index in [9.17, 15) is 13.2 Å². The lowest BCUT2D eigenvalue weighted by molar-refractivity contribution is 0.0958. The molecule has 0 aromatic heterocycles. The highest BCUT2D eigenvalue weighted by Crippen LogP contribution is 2.16. The average molecular weight is 388 g/mol. The van der Waals surface area contributed by atoms with Gasteiger partial charge >= 0.3 is 0 Å². The molecule has 7 heteroatoms. The Labute approximate surface area is 160 Å². The van der Waals surface area contributed by atoms with Crippen LogP contribution in [0.5, 0.6) is 5.75 Å². The van der Waals surface area contributed by atoms with Crippen LogP contribution in [0.2, 0.25) is 0 Å². The maximum Gasteiger partial charge on any atom is 0.251 e. The molecule has 0 bridgehead atoms. The number of benzene rings is 2. The molecule has 2 aromatic rings. The van der Waals surface area contributed by atoms with Gasteiger partial charge in [0.05, 0.1) is 11.5 Å². The maximum atomic E-state index is 12.7. The van der Waals surface area contributed by atoms with Crippen LogP contribution in [-0.2, 0) is 10.0 Å². The largest absolute Gasteiger partial charge is 0.494 e. The van der Waals surface area contributed by atoms with Crippen LogP contribution < -0.4 is 10.1 Å². The Morgan fingerprint density at radius 1 is 1.19 bits per heavy atom. The van der Waals surface area contributed by atoms with Gasteiger partial charge in [0.2, 0.25) is 10.0 Å². The molecule has 1 amide bonds. The van der Waals surface area contributed by atoms with Gasteiger partial charge in [-0.05, 0) is 36.8 Å². The van der Waals surface area contributed by atoms with Crippen LogP contribution >= 0.6 is 0 Å². The Morgan fingerprint density at radius 3 is 2.63 bits per heavy atom. The summed E-state index contributed by atoms with van der Waals surface area (Å²) in [4.78, 5) is 12.1. The van der Waals surface area contributed by atoms with Crippen molar-refractivity contribution in [2.24, 2.45) is 0 Å². The molecule has 0 atom stereocenters. The van der Waals surface area contributed by atoms with E-state index in [4.69, 9.17) is 4.74 Å². The number of hydrogen-bond donors (Lipinski definition) is 1. The number of nitrogens with zero attached hydrogens (tertiary/aromatic N) is 1. The van der Waals surface area contributed by atoms with Crippen molar-refractivity contribution in [1.29, 1.82) is 0 Å². The second-order valence-corrected chi connectivity index (χ2v) is 7.91. The van der Waals surface area contributed by atoms with Crippen molar-refractivity contribution in [1.82, 2.24) is 9.62 Å². The standard InChI is InChI=1S/C20H24N2O4S/c1-3-13-21-20(23)17-9-7-12-19(16-17)27(24,25)22(2)14-8-15-26-18-10-5-4-6-11-18/h3-7,9-12,16H,1,8,13-15H2,2H3,(H,21,23). The van der Waals surface area contributed by atoms with Crippen LogP contribution in [0, 0.1) is 0 Å². The summed E-state index contributed by atoms with van der Waals surface area (Å²) in [5.41, 5.74) is 0.290. The summed E-state index contributed by atoms with van der Waals surface area (Å²) in [5.74, 6) is 0.409. The molecule has 2 rings (SSSR count). The second kappa shape index (κ2) is 9.89. The fraction of sp³-hybridized carbons (Fsp3) is 0.250. The van der Waals surface area contributed by atoms with Gasteiger partial charge in [-0.1, -0.05) is 30.3 Å². The highest BCUT2D eigenvalue weighted by Gasteiger charge is 2.21. The summed E-state index contributed by atoms with van der Waals surface area (Å²) in [6.45, 7) is 4.57. The van der Waals surface area contributed by atoms with Crippen molar-refractivity contribution < 1.29 is 17.9 Å². The first-order valence-corrected chi connectivity index (χ1v) is 10.0. The predicted octanol–water partition coefficient (Wildman–Crippen LogP) is 2.69. The summed E-state index contributed by atoms with van der Waals surface area (Å²) >= 11 is 0. The molecule has 0 unspecified atom stereocenters. The third kappa shape index (κ3) is 5.94. The van der Waals surface area contributed by atoms with Crippen molar-refractivity contribution in [3.8, 4) is 5.75 Å². The molecule has 0 aliphatic carbocycles. The first kappa shape index (κ1) is 20.7. The zero-order valence-electron chi connectivity index (χ0n) is 15.3. The van der Waals surface area contributed by atoms with E-state index in [0.717, 1.165) is 5.75 Å². The zero-order chi connectivity index (χ0) is 19.7. The Balaban J connectivity index is 1.95. The molecule has 0 fully saturated rings. The van der Waals surface area contributed by atoms with E-state index >= 15 is 0 Å². The number of carbonyl (C=O) groups is 1. The third-order valence-electron chi connectivity index (χ3n) is 3.84. The fourth-order valence-corrected chi connectivity index (χ4v) is 3.61. The minimum Gasteiger partial charge on any atom is -0.494 e. The van der Waals surface area contributed by atoms with Crippen molar-refractivity contribution in [2.45, 2.75) is 11.3 Å². The number of nitrogens with one attached hydrogen (secondary N) is 1. The first-order valence-electron chi connectivity index (χ1n) is 8.58. The molecule has 144 valence electrons. The summed E-state index contributed by atoms with van der Waals surface area (Å²) in [7, 11) is -2.17. The lowest BCUT2D eigenvalue weighted by atomic mass is 10.2. The van der Waals surface area contributed by atoms with Crippen LogP contribution in [0.15, 0.2) is 72.1 Å². The number of sulfonamides is 1. The Kier molecular flexibility index (Phi) is 7.57. The quantitative estimate of drug-likeness (QED) is 0.502. The maximum absolute atomic E-state index is 12.7. The molecule has 27 heavy (non-hydrogen) atoms. The Bertz CT molecular complexity index is 867. The fourth-order valence-electron chi connectivity index (χ4n) is 2.36. The summed E-state index contributed by atoms with van der Waals surface area (Å²) in [6, 6.07) is 15.4. The number of ether oxygens (including phenoxy) is 1. The van der Waals surface area contributed by atoms with Gasteiger partial charge in [-0.3, -0.25) is 4.79 Å². The van der Waals surface area contributed by atoms with E-state index in [2.05, 4.69) is 11.9 Å². The molecule has 0 aliphatic heterocycles. The number of para-hydroxylation sites is 1. The minimum atomic E-state index is -3.68. The lowest BCUT2D eigenvalue weighted by Gasteiger charge is -2.17. The van der Waals surface area contributed by atoms with Crippen LogP contribution in [-0.4, -0.2) is 45.4 Å². The summed E-state index contributed by atoms with van der Waals surface area (Å²) in [6.07, 6.45) is 2.11. The van der Waals surface area contributed by atoms with Crippen LogP contribution in [0.1, 0.15) is 16.8 Å². The normalized spacial score (nSPS) is 11.2. The molecule has 0 heterocycles. The van der Waals surface area contributed by atoms with Crippen molar-refractivity contribution in [2.75, 3.05) is 26.7 Å². The van der Waals surface area contributed by atoms with E-state index in [1.54, 1.807) is 18.2 Å². The van der Waals surface area contributed by atoms with Crippen molar-refractivity contribution in [3.63, 3.8) is 0 Å². The highest BCUT2D eigenvalue weighted by molar-refractivity contribution is 7.89. The predicted molar refractivity (Wildman–Crippen MR) is 105 cm³/mol. The van der Waals surface area contributed by atoms with E-state index in [1.807, 2.05) is 30.3 Å². The molecule has 0 saturated carbocycles. The van der Waals surface area contributed by atoms with Gasteiger partial charge in [0, 0.05) is 25.7 Å². The SMILES string of the molecule is C=CCNC(=O)c1cccc(S(=O)(=O)N(C)CCCOc2ccccc2)c1. The topological polar surface area (TPSA) is 75.7 Å². The smallest absolute Gasteiger partial charge is 0.251 e. The number of rotatable bonds is 10. The summed E-state index contributed by atoms with van der Waals surface area (Å²) in [5, 5.41) is 2.63. The highest BCUT2D eigenvalue weighted by atomic mass is 32.2. The van der Waals surface area contributed by atoms with Gasteiger partial charge < -0.3 is 10.1 Å². The van der Waals surface area contributed by atoms with Gasteiger partial charge in [-0.25, -0.2) is 12.7 Å². The second-order valence-electron chi connectivity index (χ2n) is 5.87. The molecule has 0 saturated heterocycles. The molecule has 0 spiro atoms. The van der Waals surface area contributed by atoms with Crippen LogP contribution in [0.25, 0.3) is 0 Å². The van der Waals surface area contributed by atoms with Gasteiger partial charge in [0.15, 0.2) is 0 Å². The van der Waals surface area contributed by atoms with Gasteiger partial charge in [0.25, 0.3) is 5.91 Å². The molecule has 6 nitrogen and oxygen atoms in total. The van der Waals surface area contributed by atoms with E-state index in [0.29, 0.717) is 31.7 Å². The lowest BCUT2D eigenvalue weighted by Crippen LogP contribution is -2.29. The summed E-state index contributed by atoms with van der Waals surface area (Å²) < 4.78 is 32.3. The first-order chi connectivity index (χ1) is 12.9. The van der Waals surface area contributed by atoms with Crippen molar-refractivity contribution in [3.05, 3.63) is 72.8 Å². The Hall–Kier alpha value is -2.64. The van der Waals surface area contributed by atoms with E-state index in [1.165, 1.54) is 23.5 Å². The van der Waals surface area contributed by atoms with Crippen molar-refractivity contribution >= 4 is 15.9 Å². The monoisotopic (exact) mass is 388 g/mol.